The summed E-state index contributed by atoms with van der Waals surface area (Å²) in [5.74, 6) is 1.13. The number of hydrogen-bond donors (Lipinski definition) is 2. The minimum absolute atomic E-state index is 0.0916. The van der Waals surface area contributed by atoms with Crippen LogP contribution in [0.3, 0.4) is 0 Å². The normalized spacial score (nSPS) is 10.5. The molecule has 2 aromatic rings. The molecular weight excluding hydrogens is 354 g/mol. The number of amides is 2. The molecule has 0 bridgehead atoms. The van der Waals surface area contributed by atoms with E-state index in [1.54, 1.807) is 12.5 Å². The Labute approximate surface area is 156 Å². The van der Waals surface area contributed by atoms with Crippen LogP contribution in [-0.2, 0) is 16.0 Å². The van der Waals surface area contributed by atoms with Gasteiger partial charge in [0.2, 0.25) is 11.8 Å². The van der Waals surface area contributed by atoms with Gasteiger partial charge in [0, 0.05) is 11.3 Å². The lowest BCUT2D eigenvalue weighted by Gasteiger charge is -2.08. The van der Waals surface area contributed by atoms with Crippen molar-refractivity contribution < 1.29 is 19.1 Å². The molecular formula is C18H23N3O4S. The third kappa shape index (κ3) is 6.36. The quantitative estimate of drug-likeness (QED) is 0.656. The summed E-state index contributed by atoms with van der Waals surface area (Å²) in [7, 11) is 1.61. The Hall–Kier alpha value is -2.61. The number of carbonyl (C=O) groups excluding carboxylic acids is 2. The van der Waals surface area contributed by atoms with Crippen molar-refractivity contribution >= 4 is 28.3 Å². The molecule has 1 heterocycles. The maximum atomic E-state index is 11.9. The van der Waals surface area contributed by atoms with Crippen LogP contribution < -0.4 is 20.1 Å². The smallest absolute Gasteiger partial charge is 0.228 e. The molecule has 26 heavy (non-hydrogen) atoms. The van der Waals surface area contributed by atoms with Gasteiger partial charge in [0.25, 0.3) is 0 Å². The van der Waals surface area contributed by atoms with Gasteiger partial charge in [-0.1, -0.05) is 13.8 Å². The van der Waals surface area contributed by atoms with Crippen LogP contribution in [0.15, 0.2) is 29.6 Å². The van der Waals surface area contributed by atoms with Gasteiger partial charge < -0.3 is 20.1 Å². The highest BCUT2D eigenvalue weighted by Gasteiger charge is 2.11. The van der Waals surface area contributed by atoms with Gasteiger partial charge in [-0.05, 0) is 24.3 Å². The molecule has 7 nitrogen and oxygen atoms in total. The van der Waals surface area contributed by atoms with Gasteiger partial charge in [-0.2, -0.15) is 0 Å². The molecule has 2 amide bonds. The lowest BCUT2D eigenvalue weighted by Crippen LogP contribution is -2.29. The average Bonchev–Trinajstić information content (AvgIpc) is 3.05. The number of aromatic nitrogens is 1. The number of thiazole rings is 1. The highest BCUT2D eigenvalue weighted by Crippen LogP contribution is 2.17. The summed E-state index contributed by atoms with van der Waals surface area (Å²) < 4.78 is 10.6. The summed E-state index contributed by atoms with van der Waals surface area (Å²) in [6.07, 6.45) is 0.163. The monoisotopic (exact) mass is 377 g/mol. The van der Waals surface area contributed by atoms with Gasteiger partial charge in [0.05, 0.1) is 25.8 Å². The first-order valence-corrected chi connectivity index (χ1v) is 9.14. The lowest BCUT2D eigenvalue weighted by molar-refractivity contribution is -0.120. The van der Waals surface area contributed by atoms with Crippen LogP contribution in [0.2, 0.25) is 0 Å². The first-order chi connectivity index (χ1) is 12.5. The van der Waals surface area contributed by atoms with E-state index in [1.807, 2.05) is 38.1 Å². The Morgan fingerprint density at radius 1 is 1.19 bits per heavy atom. The van der Waals surface area contributed by atoms with Gasteiger partial charge in [-0.25, -0.2) is 4.98 Å². The SMILES string of the molecule is COc1ccc(OCCNC(=O)Cc2csc(NC(=O)C(C)C)n2)cc1. The fourth-order valence-corrected chi connectivity index (χ4v) is 2.67. The van der Waals surface area contributed by atoms with Crippen molar-refractivity contribution in [1.82, 2.24) is 10.3 Å². The van der Waals surface area contributed by atoms with E-state index in [-0.39, 0.29) is 24.2 Å². The molecule has 0 unspecified atom stereocenters. The van der Waals surface area contributed by atoms with Crippen molar-refractivity contribution in [2.24, 2.45) is 5.92 Å². The standard InChI is InChI=1S/C18H23N3O4S/c1-12(2)17(23)21-18-20-13(11-26-18)10-16(22)19-8-9-25-15-6-4-14(24-3)5-7-15/h4-7,11-12H,8-10H2,1-3H3,(H,19,22)(H,20,21,23). The third-order valence-corrected chi connectivity index (χ3v) is 4.21. The highest BCUT2D eigenvalue weighted by atomic mass is 32.1. The molecule has 140 valence electrons. The Balaban J connectivity index is 1.68. The Morgan fingerprint density at radius 3 is 2.54 bits per heavy atom. The minimum atomic E-state index is -0.143. The minimum Gasteiger partial charge on any atom is -0.497 e. The summed E-state index contributed by atoms with van der Waals surface area (Å²) in [5.41, 5.74) is 0.627. The van der Waals surface area contributed by atoms with Crippen molar-refractivity contribution in [2.75, 3.05) is 25.6 Å². The number of nitrogens with zero attached hydrogens (tertiary/aromatic N) is 1. The van der Waals surface area contributed by atoms with Gasteiger partial charge in [-0.3, -0.25) is 9.59 Å². The molecule has 1 aromatic heterocycles. The number of carbonyl (C=O) groups is 2. The number of methoxy groups -OCH3 is 1. The van der Waals surface area contributed by atoms with Crippen molar-refractivity contribution in [3.8, 4) is 11.5 Å². The van der Waals surface area contributed by atoms with Crippen LogP contribution in [-0.4, -0.2) is 37.1 Å². The van der Waals surface area contributed by atoms with E-state index in [9.17, 15) is 9.59 Å². The van der Waals surface area contributed by atoms with Crippen molar-refractivity contribution in [3.63, 3.8) is 0 Å². The highest BCUT2D eigenvalue weighted by molar-refractivity contribution is 7.13. The van der Waals surface area contributed by atoms with E-state index in [4.69, 9.17) is 9.47 Å². The van der Waals surface area contributed by atoms with Crippen LogP contribution >= 0.6 is 11.3 Å². The molecule has 0 saturated heterocycles. The molecule has 0 aliphatic heterocycles. The molecule has 0 radical (unpaired) electrons. The molecule has 2 rings (SSSR count). The summed E-state index contributed by atoms with van der Waals surface area (Å²) >= 11 is 1.31. The second-order valence-electron chi connectivity index (χ2n) is 5.84. The van der Waals surface area contributed by atoms with E-state index < -0.39 is 0 Å². The van der Waals surface area contributed by atoms with Crippen LogP contribution in [0.5, 0.6) is 11.5 Å². The summed E-state index contributed by atoms with van der Waals surface area (Å²) in [5, 5.41) is 7.78. The van der Waals surface area contributed by atoms with Gasteiger partial charge in [0.1, 0.15) is 18.1 Å². The molecule has 0 spiro atoms. The molecule has 0 aliphatic rings. The number of ether oxygens (including phenoxy) is 2. The third-order valence-electron chi connectivity index (χ3n) is 3.40. The summed E-state index contributed by atoms with van der Waals surface area (Å²) in [4.78, 5) is 27.8. The molecule has 0 saturated carbocycles. The van der Waals surface area contributed by atoms with Crippen molar-refractivity contribution in [2.45, 2.75) is 20.3 Å². The predicted octanol–water partition coefficient (Wildman–Crippen LogP) is 2.48. The first-order valence-electron chi connectivity index (χ1n) is 8.26. The number of nitrogens with one attached hydrogen (secondary N) is 2. The zero-order valence-corrected chi connectivity index (χ0v) is 15.9. The van der Waals surface area contributed by atoms with Crippen LogP contribution in [0.25, 0.3) is 0 Å². The van der Waals surface area contributed by atoms with Crippen LogP contribution in [0.4, 0.5) is 5.13 Å². The average molecular weight is 377 g/mol. The maximum Gasteiger partial charge on any atom is 0.228 e. The predicted molar refractivity (Wildman–Crippen MR) is 101 cm³/mol. The van der Waals surface area contributed by atoms with Crippen LogP contribution in [0, 0.1) is 5.92 Å². The Morgan fingerprint density at radius 2 is 1.88 bits per heavy atom. The van der Waals surface area contributed by atoms with Crippen LogP contribution in [0.1, 0.15) is 19.5 Å². The molecule has 1 aromatic carbocycles. The summed E-state index contributed by atoms with van der Waals surface area (Å²) in [6.45, 7) is 4.38. The number of benzene rings is 1. The number of rotatable bonds is 9. The number of anilines is 1. The van der Waals surface area contributed by atoms with Gasteiger partial charge >= 0.3 is 0 Å². The fraction of sp³-hybridized carbons (Fsp3) is 0.389. The van der Waals surface area contributed by atoms with E-state index in [0.29, 0.717) is 29.7 Å². The number of hydrogen-bond acceptors (Lipinski definition) is 6. The van der Waals surface area contributed by atoms with Gasteiger partial charge in [-0.15, -0.1) is 11.3 Å². The van der Waals surface area contributed by atoms with Crippen molar-refractivity contribution in [3.05, 3.63) is 35.3 Å². The maximum absolute atomic E-state index is 11.9. The fourth-order valence-electron chi connectivity index (χ4n) is 1.95. The molecule has 0 aliphatic carbocycles. The lowest BCUT2D eigenvalue weighted by atomic mass is 10.2. The topological polar surface area (TPSA) is 89.5 Å². The molecule has 0 fully saturated rings. The van der Waals surface area contributed by atoms with Crippen molar-refractivity contribution in [1.29, 1.82) is 0 Å². The second-order valence-corrected chi connectivity index (χ2v) is 6.70. The molecule has 8 heteroatoms. The van der Waals surface area contributed by atoms with E-state index in [0.717, 1.165) is 5.75 Å². The largest absolute Gasteiger partial charge is 0.497 e. The van der Waals surface area contributed by atoms with E-state index in [1.165, 1.54) is 11.3 Å². The second kappa shape index (κ2) is 9.76. The van der Waals surface area contributed by atoms with Gasteiger partial charge in [0.15, 0.2) is 5.13 Å². The Bertz CT molecular complexity index is 728. The molecule has 0 atom stereocenters. The zero-order valence-electron chi connectivity index (χ0n) is 15.1. The molecule has 2 N–H and O–H groups in total. The van der Waals surface area contributed by atoms with E-state index in [2.05, 4.69) is 15.6 Å². The first kappa shape index (κ1) is 19.7. The summed E-state index contributed by atoms with van der Waals surface area (Å²) in [6, 6.07) is 7.24. The zero-order chi connectivity index (χ0) is 18.9. The Kier molecular flexibility index (Phi) is 7.40. The van der Waals surface area contributed by atoms with E-state index >= 15 is 0 Å².